The molecule has 0 radical (unpaired) electrons. The molecule has 21 heavy (non-hydrogen) atoms. The summed E-state index contributed by atoms with van der Waals surface area (Å²) in [6.45, 7) is 2.66. The van der Waals surface area contributed by atoms with Crippen molar-refractivity contribution in [2.24, 2.45) is 0 Å². The van der Waals surface area contributed by atoms with Gasteiger partial charge in [-0.15, -0.1) is 0 Å². The van der Waals surface area contributed by atoms with Crippen LogP contribution < -0.4 is 10.0 Å². The Balaban J connectivity index is 2.17. The molecule has 5 nitrogen and oxygen atoms in total. The molecule has 1 heterocycles. The number of halogens is 1. The molecule has 0 saturated carbocycles. The molecule has 0 fully saturated rings. The van der Waals surface area contributed by atoms with Gasteiger partial charge in [-0.05, 0) is 41.0 Å². The summed E-state index contributed by atoms with van der Waals surface area (Å²) in [4.78, 5) is 0.112. The van der Waals surface area contributed by atoms with E-state index in [9.17, 15) is 8.42 Å². The van der Waals surface area contributed by atoms with Crippen molar-refractivity contribution in [2.75, 3.05) is 7.05 Å². The molecular weight excluding hydrogens is 356 g/mol. The first-order valence-electron chi connectivity index (χ1n) is 6.41. The molecule has 0 atom stereocenters. The number of benzene rings is 1. The molecule has 0 unspecified atom stereocenters. The monoisotopic (exact) mass is 372 g/mol. The fourth-order valence-electron chi connectivity index (χ4n) is 1.90. The van der Waals surface area contributed by atoms with E-state index in [4.69, 9.17) is 4.42 Å². The van der Waals surface area contributed by atoms with Crippen molar-refractivity contribution in [3.8, 4) is 0 Å². The van der Waals surface area contributed by atoms with Crippen LogP contribution in [0, 0.1) is 6.92 Å². The minimum absolute atomic E-state index is 0.112. The molecule has 0 aliphatic carbocycles. The van der Waals surface area contributed by atoms with Crippen molar-refractivity contribution >= 4 is 26.0 Å². The van der Waals surface area contributed by atoms with Crippen LogP contribution in [0.4, 0.5) is 0 Å². The van der Waals surface area contributed by atoms with Gasteiger partial charge in [0.1, 0.15) is 10.7 Å². The van der Waals surface area contributed by atoms with E-state index in [1.165, 1.54) is 6.07 Å². The molecule has 2 aromatic rings. The van der Waals surface area contributed by atoms with Gasteiger partial charge in [-0.25, -0.2) is 13.1 Å². The Kier molecular flexibility index (Phi) is 5.21. The predicted octanol–water partition coefficient (Wildman–Crippen LogP) is 2.55. The van der Waals surface area contributed by atoms with Crippen molar-refractivity contribution in [1.29, 1.82) is 0 Å². The highest BCUT2D eigenvalue weighted by Crippen LogP contribution is 2.26. The first-order valence-corrected chi connectivity index (χ1v) is 8.68. The topological polar surface area (TPSA) is 71.3 Å². The van der Waals surface area contributed by atoms with E-state index in [0.29, 0.717) is 12.3 Å². The number of aryl methyl sites for hydroxylation is 1. The van der Waals surface area contributed by atoms with E-state index in [0.717, 1.165) is 11.1 Å². The summed E-state index contributed by atoms with van der Waals surface area (Å²) in [6, 6.07) is 9.16. The van der Waals surface area contributed by atoms with Gasteiger partial charge in [-0.2, -0.15) is 0 Å². The van der Waals surface area contributed by atoms with E-state index >= 15 is 0 Å². The van der Waals surface area contributed by atoms with E-state index in [1.54, 1.807) is 7.05 Å². The summed E-state index contributed by atoms with van der Waals surface area (Å²) < 4.78 is 32.8. The molecule has 1 aromatic carbocycles. The Hall–Kier alpha value is -1.15. The largest absolute Gasteiger partial charge is 0.452 e. The van der Waals surface area contributed by atoms with Crippen LogP contribution in [0.15, 0.2) is 44.3 Å². The fraction of sp³-hybridized carbons (Fsp3) is 0.286. The lowest BCUT2D eigenvalue weighted by molar-refractivity contribution is 0.470. The number of furan rings is 1. The smallest absolute Gasteiger partial charge is 0.245 e. The third-order valence-corrected chi connectivity index (χ3v) is 5.32. The highest BCUT2D eigenvalue weighted by molar-refractivity contribution is 9.10. The minimum atomic E-state index is -3.62. The van der Waals surface area contributed by atoms with Gasteiger partial charge in [-0.1, -0.05) is 24.3 Å². The van der Waals surface area contributed by atoms with Crippen molar-refractivity contribution in [3.05, 3.63) is 51.9 Å². The average Bonchev–Trinajstić information content (AvgIpc) is 2.80. The van der Waals surface area contributed by atoms with Crippen molar-refractivity contribution in [1.82, 2.24) is 10.0 Å². The number of nitrogens with one attached hydrogen (secondary N) is 2. The molecule has 0 amide bonds. The fourth-order valence-corrected chi connectivity index (χ4v) is 3.90. The Bertz CT molecular complexity index is 726. The molecule has 114 valence electrons. The van der Waals surface area contributed by atoms with E-state index < -0.39 is 10.0 Å². The van der Waals surface area contributed by atoms with Crippen LogP contribution in [0.5, 0.6) is 0 Å². The maximum atomic E-state index is 12.3. The predicted molar refractivity (Wildman–Crippen MR) is 84.4 cm³/mol. The second kappa shape index (κ2) is 6.74. The maximum absolute atomic E-state index is 12.3. The van der Waals surface area contributed by atoms with Crippen LogP contribution in [-0.4, -0.2) is 15.5 Å². The van der Waals surface area contributed by atoms with Gasteiger partial charge in [-0.3, -0.25) is 0 Å². The summed E-state index contributed by atoms with van der Waals surface area (Å²) in [5, 5.41) is 2.91. The maximum Gasteiger partial charge on any atom is 0.245 e. The second-order valence-corrected chi connectivity index (χ2v) is 7.09. The molecule has 1 aromatic heterocycles. The summed E-state index contributed by atoms with van der Waals surface area (Å²) in [6.07, 6.45) is 0. The lowest BCUT2D eigenvalue weighted by Crippen LogP contribution is -2.23. The zero-order valence-corrected chi connectivity index (χ0v) is 14.2. The van der Waals surface area contributed by atoms with Gasteiger partial charge in [0.05, 0.1) is 6.54 Å². The summed E-state index contributed by atoms with van der Waals surface area (Å²) in [5.74, 6) is 0.556. The number of hydrogen-bond acceptors (Lipinski definition) is 4. The molecule has 0 saturated heterocycles. The van der Waals surface area contributed by atoms with Crippen molar-refractivity contribution in [3.63, 3.8) is 0 Å². The van der Waals surface area contributed by atoms with Gasteiger partial charge in [0.25, 0.3) is 0 Å². The van der Waals surface area contributed by atoms with Crippen LogP contribution >= 0.6 is 15.9 Å². The molecule has 2 N–H and O–H groups in total. The highest BCUT2D eigenvalue weighted by atomic mass is 79.9. The van der Waals surface area contributed by atoms with Crippen LogP contribution in [0.3, 0.4) is 0 Å². The zero-order chi connectivity index (χ0) is 15.5. The lowest BCUT2D eigenvalue weighted by Gasteiger charge is -2.07. The van der Waals surface area contributed by atoms with Crippen molar-refractivity contribution < 1.29 is 12.8 Å². The van der Waals surface area contributed by atoms with Gasteiger partial charge < -0.3 is 9.73 Å². The number of hydrogen-bond donors (Lipinski definition) is 2. The van der Waals surface area contributed by atoms with Crippen molar-refractivity contribution in [2.45, 2.75) is 24.9 Å². The first-order chi connectivity index (χ1) is 9.94. The third-order valence-electron chi connectivity index (χ3n) is 3.06. The molecular formula is C14H17BrN2O3S. The zero-order valence-electron chi connectivity index (χ0n) is 11.8. The summed E-state index contributed by atoms with van der Waals surface area (Å²) >= 11 is 3.15. The van der Waals surface area contributed by atoms with Crippen LogP contribution in [0.25, 0.3) is 0 Å². The molecule has 0 aliphatic heterocycles. The summed E-state index contributed by atoms with van der Waals surface area (Å²) in [7, 11) is -1.86. The number of rotatable bonds is 6. The van der Waals surface area contributed by atoms with Gasteiger partial charge in [0, 0.05) is 12.6 Å². The molecule has 7 heteroatoms. The minimum Gasteiger partial charge on any atom is -0.452 e. The normalized spacial score (nSPS) is 11.8. The second-order valence-electron chi connectivity index (χ2n) is 4.63. The quantitative estimate of drug-likeness (QED) is 0.817. The summed E-state index contributed by atoms with van der Waals surface area (Å²) in [5.41, 5.74) is 1.98. The average molecular weight is 373 g/mol. The number of sulfonamides is 1. The SMILES string of the molecule is CNCc1cc(S(=O)(=O)NCc2ccccc2C)c(Br)o1. The molecule has 0 spiro atoms. The standard InChI is InChI=1S/C14H17BrN2O3S/c1-10-5-3-4-6-11(10)8-17-21(18,19)13-7-12(9-16-2)20-14(13)15/h3-7,16-17H,8-9H2,1-2H3. The lowest BCUT2D eigenvalue weighted by atomic mass is 10.1. The molecule has 0 bridgehead atoms. The van der Waals surface area contributed by atoms with Crippen LogP contribution in [0.1, 0.15) is 16.9 Å². The third kappa shape index (κ3) is 3.94. The van der Waals surface area contributed by atoms with Gasteiger partial charge in [0.15, 0.2) is 4.67 Å². The van der Waals surface area contributed by atoms with E-state index in [2.05, 4.69) is 26.0 Å². The van der Waals surface area contributed by atoms with Crippen LogP contribution in [-0.2, 0) is 23.1 Å². The van der Waals surface area contributed by atoms with Gasteiger partial charge in [0.2, 0.25) is 10.0 Å². The molecule has 0 aliphatic rings. The Morgan fingerprint density at radius 2 is 1.95 bits per heavy atom. The Labute approximate surface area is 132 Å². The molecule has 2 rings (SSSR count). The van der Waals surface area contributed by atoms with Gasteiger partial charge >= 0.3 is 0 Å². The van der Waals surface area contributed by atoms with E-state index in [-0.39, 0.29) is 16.1 Å². The highest BCUT2D eigenvalue weighted by Gasteiger charge is 2.22. The Morgan fingerprint density at radius 1 is 1.24 bits per heavy atom. The Morgan fingerprint density at radius 3 is 2.62 bits per heavy atom. The first kappa shape index (κ1) is 16.2. The van der Waals surface area contributed by atoms with E-state index in [1.807, 2.05) is 31.2 Å². The van der Waals surface area contributed by atoms with Crippen LogP contribution in [0.2, 0.25) is 0 Å².